The molecule has 0 saturated carbocycles. The topological polar surface area (TPSA) is 104 Å². The Balaban J connectivity index is 3.08. The molecule has 0 aliphatic heterocycles. The van der Waals surface area contributed by atoms with Crippen LogP contribution >= 0.6 is 0 Å². The second kappa shape index (κ2) is 21.0. The van der Waals surface area contributed by atoms with E-state index in [9.17, 15) is 9.59 Å². The molecular formula is C18H36N2O7. The summed E-state index contributed by atoms with van der Waals surface area (Å²) in [5.74, 6) is -0.154. The van der Waals surface area contributed by atoms with E-state index in [2.05, 4.69) is 17.6 Å². The van der Waals surface area contributed by atoms with E-state index < -0.39 is 0 Å². The van der Waals surface area contributed by atoms with Gasteiger partial charge in [0.1, 0.15) is 6.61 Å². The molecule has 27 heavy (non-hydrogen) atoms. The molecule has 0 rings (SSSR count). The van der Waals surface area contributed by atoms with Crippen molar-refractivity contribution in [1.29, 1.82) is 0 Å². The quantitative estimate of drug-likeness (QED) is 0.284. The first kappa shape index (κ1) is 25.7. The third-order valence-electron chi connectivity index (χ3n) is 3.19. The molecule has 2 N–H and O–H groups in total. The summed E-state index contributed by atoms with van der Waals surface area (Å²) >= 11 is 0. The maximum Gasteiger partial charge on any atom is 0.245 e. The standard InChI is InChI=1S/C18H36N2O7/c1-3-4-5-20-18(22)16-27-15-14-26-13-12-25-11-10-24-9-8-23-7-6-19-17(2)21/h3-16H2,1-2H3,(H,19,21)(H,20,22). The molecule has 0 saturated heterocycles. The molecule has 0 unspecified atom stereocenters. The Hall–Kier alpha value is -1.26. The number of carbonyl (C=O) groups excluding carboxylic acids is 2. The number of amides is 2. The van der Waals surface area contributed by atoms with E-state index in [0.717, 1.165) is 12.8 Å². The highest BCUT2D eigenvalue weighted by molar-refractivity contribution is 5.77. The van der Waals surface area contributed by atoms with Gasteiger partial charge in [-0.2, -0.15) is 0 Å². The Morgan fingerprint density at radius 2 is 1.15 bits per heavy atom. The van der Waals surface area contributed by atoms with Crippen LogP contribution in [0.5, 0.6) is 0 Å². The van der Waals surface area contributed by atoms with Crippen LogP contribution < -0.4 is 10.6 Å². The summed E-state index contributed by atoms with van der Waals surface area (Å²) in [7, 11) is 0. The van der Waals surface area contributed by atoms with Crippen LogP contribution in [-0.2, 0) is 33.3 Å². The van der Waals surface area contributed by atoms with E-state index in [1.807, 2.05) is 0 Å². The number of hydrogen-bond acceptors (Lipinski definition) is 7. The van der Waals surface area contributed by atoms with Crippen LogP contribution in [0.3, 0.4) is 0 Å². The fourth-order valence-corrected chi connectivity index (χ4v) is 1.80. The molecule has 9 heteroatoms. The number of rotatable bonds is 20. The highest BCUT2D eigenvalue weighted by Crippen LogP contribution is 1.85. The molecule has 0 fully saturated rings. The van der Waals surface area contributed by atoms with Crippen LogP contribution in [0.1, 0.15) is 26.7 Å². The fraction of sp³-hybridized carbons (Fsp3) is 0.889. The molecule has 0 aliphatic carbocycles. The van der Waals surface area contributed by atoms with E-state index in [1.165, 1.54) is 6.92 Å². The summed E-state index contributed by atoms with van der Waals surface area (Å²) in [6.45, 7) is 9.01. The van der Waals surface area contributed by atoms with E-state index in [1.54, 1.807) is 0 Å². The number of carbonyl (C=O) groups is 2. The van der Waals surface area contributed by atoms with Gasteiger partial charge in [0.15, 0.2) is 0 Å². The Labute approximate surface area is 162 Å². The van der Waals surface area contributed by atoms with Crippen LogP contribution in [0.4, 0.5) is 0 Å². The second-order valence-electron chi connectivity index (χ2n) is 5.69. The number of ether oxygens (including phenoxy) is 5. The highest BCUT2D eigenvalue weighted by atomic mass is 16.6. The third-order valence-corrected chi connectivity index (χ3v) is 3.19. The molecule has 0 bridgehead atoms. The summed E-state index contributed by atoms with van der Waals surface area (Å²) in [5, 5.41) is 5.42. The van der Waals surface area contributed by atoms with E-state index in [0.29, 0.717) is 72.6 Å². The van der Waals surface area contributed by atoms with Crippen molar-refractivity contribution in [3.05, 3.63) is 0 Å². The SMILES string of the molecule is CCCCNC(=O)COCCOCCOCCOCCOCCNC(C)=O. The summed E-state index contributed by atoms with van der Waals surface area (Å²) < 4.78 is 26.5. The smallest absolute Gasteiger partial charge is 0.245 e. The highest BCUT2D eigenvalue weighted by Gasteiger charge is 2.00. The van der Waals surface area contributed by atoms with Gasteiger partial charge in [-0.05, 0) is 6.42 Å². The number of unbranched alkanes of at least 4 members (excludes halogenated alkanes) is 1. The Bertz CT molecular complexity index is 357. The lowest BCUT2D eigenvalue weighted by Gasteiger charge is -2.08. The summed E-state index contributed by atoms with van der Waals surface area (Å²) in [6, 6.07) is 0. The first-order chi connectivity index (χ1) is 13.2. The minimum Gasteiger partial charge on any atom is -0.377 e. The van der Waals surface area contributed by atoms with Crippen LogP contribution in [0.2, 0.25) is 0 Å². The molecule has 0 atom stereocenters. The van der Waals surface area contributed by atoms with Gasteiger partial charge in [0.25, 0.3) is 0 Å². The second-order valence-corrected chi connectivity index (χ2v) is 5.69. The minimum atomic E-state index is -0.0927. The maximum absolute atomic E-state index is 11.4. The van der Waals surface area contributed by atoms with Gasteiger partial charge in [0.2, 0.25) is 11.8 Å². The van der Waals surface area contributed by atoms with Gasteiger partial charge in [-0.25, -0.2) is 0 Å². The van der Waals surface area contributed by atoms with Crippen molar-refractivity contribution in [2.45, 2.75) is 26.7 Å². The lowest BCUT2D eigenvalue weighted by Crippen LogP contribution is -2.29. The largest absolute Gasteiger partial charge is 0.377 e. The third kappa shape index (κ3) is 22.7. The molecule has 0 aromatic carbocycles. The molecule has 0 aromatic rings. The maximum atomic E-state index is 11.4. The van der Waals surface area contributed by atoms with Crippen molar-refractivity contribution in [1.82, 2.24) is 10.6 Å². The minimum absolute atomic E-state index is 0.0614. The van der Waals surface area contributed by atoms with Crippen LogP contribution in [-0.4, -0.2) is 91.0 Å². The van der Waals surface area contributed by atoms with Crippen molar-refractivity contribution < 1.29 is 33.3 Å². The van der Waals surface area contributed by atoms with Crippen molar-refractivity contribution >= 4 is 11.8 Å². The molecular weight excluding hydrogens is 356 g/mol. The van der Waals surface area contributed by atoms with E-state index in [-0.39, 0.29) is 18.4 Å². The molecule has 2 amide bonds. The van der Waals surface area contributed by atoms with Gasteiger partial charge in [-0.1, -0.05) is 13.3 Å². The lowest BCUT2D eigenvalue weighted by molar-refractivity contribution is -0.126. The summed E-state index contributed by atoms with van der Waals surface area (Å²) in [5.41, 5.74) is 0. The first-order valence-corrected chi connectivity index (χ1v) is 9.56. The predicted octanol–water partition coefficient (Wildman–Crippen LogP) is 0.122. The Morgan fingerprint density at radius 3 is 1.63 bits per heavy atom. The van der Waals surface area contributed by atoms with Crippen molar-refractivity contribution in [3.8, 4) is 0 Å². The fourth-order valence-electron chi connectivity index (χ4n) is 1.80. The van der Waals surface area contributed by atoms with Crippen LogP contribution in [0.15, 0.2) is 0 Å². The Morgan fingerprint density at radius 1 is 0.667 bits per heavy atom. The van der Waals surface area contributed by atoms with Crippen LogP contribution in [0.25, 0.3) is 0 Å². The van der Waals surface area contributed by atoms with Gasteiger partial charge in [0, 0.05) is 20.0 Å². The van der Waals surface area contributed by atoms with E-state index in [4.69, 9.17) is 23.7 Å². The molecule has 160 valence electrons. The predicted molar refractivity (Wildman–Crippen MR) is 101 cm³/mol. The molecule has 0 radical (unpaired) electrons. The molecule has 9 nitrogen and oxygen atoms in total. The monoisotopic (exact) mass is 392 g/mol. The van der Waals surface area contributed by atoms with Gasteiger partial charge in [-0.3, -0.25) is 9.59 Å². The first-order valence-electron chi connectivity index (χ1n) is 9.56. The van der Waals surface area contributed by atoms with Gasteiger partial charge in [0.05, 0.1) is 59.5 Å². The average molecular weight is 392 g/mol. The molecule has 0 aliphatic rings. The van der Waals surface area contributed by atoms with Crippen molar-refractivity contribution in [2.75, 3.05) is 79.2 Å². The molecule has 0 aromatic heterocycles. The Kier molecular flexibility index (Phi) is 20.1. The summed E-state index contributed by atoms with van der Waals surface area (Å²) in [6.07, 6.45) is 2.03. The van der Waals surface area contributed by atoms with E-state index >= 15 is 0 Å². The zero-order valence-corrected chi connectivity index (χ0v) is 16.8. The van der Waals surface area contributed by atoms with Gasteiger partial charge < -0.3 is 34.3 Å². The van der Waals surface area contributed by atoms with Crippen LogP contribution in [0, 0.1) is 0 Å². The molecule has 0 spiro atoms. The molecule has 0 heterocycles. The average Bonchev–Trinajstić information content (AvgIpc) is 2.64. The zero-order valence-electron chi connectivity index (χ0n) is 16.8. The summed E-state index contributed by atoms with van der Waals surface area (Å²) in [4.78, 5) is 22.0. The van der Waals surface area contributed by atoms with Crippen molar-refractivity contribution in [2.24, 2.45) is 0 Å². The lowest BCUT2D eigenvalue weighted by atomic mass is 10.3. The van der Waals surface area contributed by atoms with Crippen molar-refractivity contribution in [3.63, 3.8) is 0 Å². The normalized spacial score (nSPS) is 10.7. The van der Waals surface area contributed by atoms with Gasteiger partial charge in [-0.15, -0.1) is 0 Å². The number of hydrogen-bond donors (Lipinski definition) is 2. The zero-order chi connectivity index (χ0) is 20.0. The van der Waals surface area contributed by atoms with Gasteiger partial charge >= 0.3 is 0 Å². The number of nitrogens with one attached hydrogen (secondary N) is 2.